The molecule has 3 atom stereocenters. The molecule has 0 radical (unpaired) electrons. The van der Waals surface area contributed by atoms with Gasteiger partial charge in [0.2, 0.25) is 5.91 Å². The first-order valence-corrected chi connectivity index (χ1v) is 15.0. The summed E-state index contributed by atoms with van der Waals surface area (Å²) in [5.74, 6) is -6.62. The minimum Gasteiger partial charge on any atom is -0.480 e. The standard InChI is InChI=1S/C29H28B2N4O13/c36-23-5-6-24(37)35(23)48-25(38)10-21(29(42)43)33-27(40)22-9-18(32-26(39)14-1-3-16-12-46-30(44)19(16)7-14)11-34(22)28(41)15-2-4-17-13-47-31(45)20(17)8-15/h1-4,7-8,18,21-22,44-45H,5-6,9-13H2,(H,32,39)(H,33,40)(H,42,43)/t18-,21+,22+/m1/s1. The Hall–Kier alpha value is -5.10. The Balaban J connectivity index is 1.20. The fourth-order valence-electron chi connectivity index (χ4n) is 5.98. The van der Waals surface area contributed by atoms with Gasteiger partial charge in [-0.15, -0.1) is 5.06 Å². The number of likely N-dealkylation sites (tertiary alicyclic amines) is 1. The van der Waals surface area contributed by atoms with Crippen molar-refractivity contribution in [2.45, 2.75) is 57.0 Å². The number of aliphatic carboxylic acids is 1. The van der Waals surface area contributed by atoms with Crippen molar-refractivity contribution in [3.05, 3.63) is 58.7 Å². The van der Waals surface area contributed by atoms with Crippen LogP contribution in [0.15, 0.2) is 36.4 Å². The number of carboxylic acids is 1. The maximum atomic E-state index is 13.8. The Morgan fingerprint density at radius 1 is 0.917 bits per heavy atom. The van der Waals surface area contributed by atoms with E-state index in [1.165, 1.54) is 24.3 Å². The normalized spacial score (nSPS) is 20.5. The van der Waals surface area contributed by atoms with Crippen LogP contribution >= 0.6 is 0 Å². The summed E-state index contributed by atoms with van der Waals surface area (Å²) in [4.78, 5) is 94.5. The van der Waals surface area contributed by atoms with Crippen molar-refractivity contribution in [1.82, 2.24) is 20.6 Å². The number of benzene rings is 2. The van der Waals surface area contributed by atoms with Gasteiger partial charge in [-0.25, -0.2) is 9.59 Å². The second-order valence-electron chi connectivity index (χ2n) is 11.7. The van der Waals surface area contributed by atoms with Crippen molar-refractivity contribution in [3.8, 4) is 0 Å². The third-order valence-electron chi connectivity index (χ3n) is 8.51. The van der Waals surface area contributed by atoms with Crippen molar-refractivity contribution in [3.63, 3.8) is 0 Å². The lowest BCUT2D eigenvalue weighted by Gasteiger charge is -2.25. The van der Waals surface area contributed by atoms with Gasteiger partial charge in [-0.05, 0) is 52.7 Å². The monoisotopic (exact) mass is 662 g/mol. The van der Waals surface area contributed by atoms with Crippen LogP contribution in [0.1, 0.15) is 57.5 Å². The predicted molar refractivity (Wildman–Crippen MR) is 160 cm³/mol. The van der Waals surface area contributed by atoms with Crippen molar-refractivity contribution in [2.75, 3.05) is 6.54 Å². The molecule has 2 aromatic carbocycles. The molecule has 17 nitrogen and oxygen atoms in total. The maximum absolute atomic E-state index is 13.8. The molecular formula is C29H28B2N4O13. The molecule has 2 fully saturated rings. The summed E-state index contributed by atoms with van der Waals surface area (Å²) < 4.78 is 10.4. The summed E-state index contributed by atoms with van der Waals surface area (Å²) in [6, 6.07) is 5.16. The molecule has 6 rings (SSSR count). The zero-order valence-corrected chi connectivity index (χ0v) is 25.1. The van der Waals surface area contributed by atoms with Gasteiger partial charge < -0.3 is 44.8 Å². The number of hydrogen-bond donors (Lipinski definition) is 5. The summed E-state index contributed by atoms with van der Waals surface area (Å²) in [6.45, 7) is 0.150. The first-order chi connectivity index (χ1) is 22.9. The van der Waals surface area contributed by atoms with Crippen LogP contribution in [0.2, 0.25) is 0 Å². The first-order valence-electron chi connectivity index (χ1n) is 15.0. The van der Waals surface area contributed by atoms with E-state index in [1.807, 2.05) is 0 Å². The second-order valence-corrected chi connectivity index (χ2v) is 11.7. The highest BCUT2D eigenvalue weighted by molar-refractivity contribution is 6.62. The summed E-state index contributed by atoms with van der Waals surface area (Å²) in [7, 11) is -2.44. The minimum absolute atomic E-state index is 0.0917. The number of carbonyl (C=O) groups excluding carboxylic acids is 6. The summed E-state index contributed by atoms with van der Waals surface area (Å²) >= 11 is 0. The quantitative estimate of drug-likeness (QED) is 0.131. The molecule has 248 valence electrons. The van der Waals surface area contributed by atoms with Crippen LogP contribution in [-0.2, 0) is 51.3 Å². The highest BCUT2D eigenvalue weighted by atomic mass is 16.7. The van der Waals surface area contributed by atoms with Gasteiger partial charge in [-0.1, -0.05) is 12.1 Å². The zero-order valence-electron chi connectivity index (χ0n) is 25.1. The summed E-state index contributed by atoms with van der Waals surface area (Å²) in [5.41, 5.74) is 2.47. The van der Waals surface area contributed by atoms with Crippen LogP contribution in [-0.4, -0.2) is 105 Å². The Morgan fingerprint density at radius 2 is 1.50 bits per heavy atom. The third kappa shape index (κ3) is 6.52. The van der Waals surface area contributed by atoms with Crippen LogP contribution in [0.25, 0.3) is 0 Å². The van der Waals surface area contributed by atoms with E-state index in [0.717, 1.165) is 4.90 Å². The highest BCUT2D eigenvalue weighted by Crippen LogP contribution is 2.24. The average Bonchev–Trinajstić information content (AvgIpc) is 3.83. The van der Waals surface area contributed by atoms with Crippen molar-refractivity contribution in [2.24, 2.45) is 0 Å². The van der Waals surface area contributed by atoms with Gasteiger partial charge in [-0.2, -0.15) is 0 Å². The molecule has 2 saturated heterocycles. The van der Waals surface area contributed by atoms with Gasteiger partial charge in [0.25, 0.3) is 23.6 Å². The third-order valence-corrected chi connectivity index (χ3v) is 8.51. The van der Waals surface area contributed by atoms with Gasteiger partial charge in [0.05, 0.1) is 19.6 Å². The van der Waals surface area contributed by atoms with Crippen molar-refractivity contribution >= 4 is 66.6 Å². The van der Waals surface area contributed by atoms with E-state index in [2.05, 4.69) is 10.6 Å². The highest BCUT2D eigenvalue weighted by Gasteiger charge is 2.43. The molecule has 4 aliphatic rings. The maximum Gasteiger partial charge on any atom is 0.491 e. The van der Waals surface area contributed by atoms with Gasteiger partial charge in [0.15, 0.2) is 0 Å². The topological polar surface area (TPSA) is 238 Å². The van der Waals surface area contributed by atoms with Crippen LogP contribution < -0.4 is 21.6 Å². The molecule has 0 unspecified atom stereocenters. The molecule has 4 heterocycles. The molecule has 0 bridgehead atoms. The van der Waals surface area contributed by atoms with Gasteiger partial charge >= 0.3 is 26.2 Å². The van der Waals surface area contributed by atoms with E-state index in [4.69, 9.17) is 14.1 Å². The minimum atomic E-state index is -1.87. The number of hydroxylamine groups is 2. The summed E-state index contributed by atoms with van der Waals surface area (Å²) in [6.07, 6.45) is -1.44. The molecule has 0 aromatic heterocycles. The number of carbonyl (C=O) groups is 7. The molecular weight excluding hydrogens is 634 g/mol. The van der Waals surface area contributed by atoms with Crippen LogP contribution in [0, 0.1) is 0 Å². The number of nitrogens with one attached hydrogen (secondary N) is 2. The lowest BCUT2D eigenvalue weighted by atomic mass is 9.78. The van der Waals surface area contributed by atoms with E-state index in [1.54, 1.807) is 12.1 Å². The number of rotatable bonds is 9. The Bertz CT molecular complexity index is 1720. The Morgan fingerprint density at radius 3 is 2.10 bits per heavy atom. The number of nitrogens with zero attached hydrogens (tertiary/aromatic N) is 2. The van der Waals surface area contributed by atoms with E-state index < -0.39 is 80.3 Å². The molecule has 0 saturated carbocycles. The number of amides is 5. The van der Waals surface area contributed by atoms with Crippen molar-refractivity contribution < 1.29 is 62.9 Å². The van der Waals surface area contributed by atoms with E-state index >= 15 is 0 Å². The van der Waals surface area contributed by atoms with Crippen molar-refractivity contribution in [1.29, 1.82) is 0 Å². The zero-order chi connectivity index (χ0) is 34.3. The predicted octanol–water partition coefficient (Wildman–Crippen LogP) is -3.30. The molecule has 0 spiro atoms. The van der Waals surface area contributed by atoms with Gasteiger partial charge in [0, 0.05) is 36.6 Å². The molecule has 2 aromatic rings. The molecule has 19 heteroatoms. The Labute approximate surface area is 272 Å². The number of fused-ring (bicyclic) bond motifs is 2. The Kier molecular flexibility index (Phi) is 9.02. The molecule has 0 aliphatic carbocycles. The lowest BCUT2D eigenvalue weighted by Crippen LogP contribution is -2.51. The molecule has 48 heavy (non-hydrogen) atoms. The molecule has 5 N–H and O–H groups in total. The van der Waals surface area contributed by atoms with Crippen LogP contribution in [0.5, 0.6) is 0 Å². The molecule has 4 aliphatic heterocycles. The fourth-order valence-corrected chi connectivity index (χ4v) is 5.98. The second kappa shape index (κ2) is 13.2. The largest absolute Gasteiger partial charge is 0.491 e. The van der Waals surface area contributed by atoms with Crippen LogP contribution in [0.4, 0.5) is 0 Å². The number of imide groups is 1. The smallest absolute Gasteiger partial charge is 0.480 e. The van der Waals surface area contributed by atoms with Gasteiger partial charge in [-0.3, -0.25) is 24.0 Å². The number of hydrogen-bond acceptors (Lipinski definition) is 12. The number of carboxylic acid groups (broad SMARTS) is 1. The van der Waals surface area contributed by atoms with E-state index in [9.17, 15) is 48.7 Å². The molecule has 5 amide bonds. The van der Waals surface area contributed by atoms with Crippen LogP contribution in [0.3, 0.4) is 0 Å². The first kappa shape index (κ1) is 32.8. The van der Waals surface area contributed by atoms with E-state index in [-0.39, 0.29) is 55.2 Å². The fraction of sp³-hybridized carbons (Fsp3) is 0.345. The SMILES string of the molecule is O=C(C[C@H](NC(=O)[C@@H]1C[C@@H](NC(=O)c2ccc3c(c2)B(O)OC3)CN1C(=O)c1ccc2c(c1)B(O)OC2)C(=O)O)ON1C(=O)CCC1=O. The van der Waals surface area contributed by atoms with Gasteiger partial charge in [0.1, 0.15) is 12.1 Å². The van der Waals surface area contributed by atoms with E-state index in [0.29, 0.717) is 22.1 Å². The average molecular weight is 662 g/mol. The lowest BCUT2D eigenvalue weighted by molar-refractivity contribution is -0.198. The summed E-state index contributed by atoms with van der Waals surface area (Å²) in [5, 5.41) is 35.2.